The summed E-state index contributed by atoms with van der Waals surface area (Å²) < 4.78 is 1.52. The number of nitrogens with one attached hydrogen (secondary N) is 1. The lowest BCUT2D eigenvalue weighted by Crippen LogP contribution is -2.37. The smallest absolute Gasteiger partial charge is 0.305 e. The van der Waals surface area contributed by atoms with Gasteiger partial charge in [-0.2, -0.15) is 5.10 Å². The van der Waals surface area contributed by atoms with Crippen LogP contribution in [0.4, 0.5) is 0 Å². The van der Waals surface area contributed by atoms with Crippen LogP contribution in [0.2, 0.25) is 5.02 Å². The number of carbonyl (C=O) groups is 2. The van der Waals surface area contributed by atoms with Gasteiger partial charge in [0, 0.05) is 13.1 Å². The first kappa shape index (κ1) is 16.5. The number of carbonyl (C=O) groups excluding carboxylic acids is 1. The van der Waals surface area contributed by atoms with Crippen molar-refractivity contribution in [1.82, 2.24) is 15.1 Å². The van der Waals surface area contributed by atoms with Gasteiger partial charge in [-0.3, -0.25) is 14.3 Å². The van der Waals surface area contributed by atoms with Gasteiger partial charge in [-0.15, -0.1) is 0 Å². The molecule has 112 valence electrons. The van der Waals surface area contributed by atoms with Crippen molar-refractivity contribution in [3.05, 3.63) is 16.4 Å². The summed E-state index contributed by atoms with van der Waals surface area (Å²) in [5.41, 5.74) is 0.821. The van der Waals surface area contributed by atoms with Crippen molar-refractivity contribution in [2.45, 2.75) is 39.7 Å². The quantitative estimate of drug-likeness (QED) is 0.841. The molecule has 1 heterocycles. The Hall–Kier alpha value is -1.56. The van der Waals surface area contributed by atoms with Gasteiger partial charge in [0.05, 0.1) is 17.1 Å². The highest BCUT2D eigenvalue weighted by Gasteiger charge is 2.23. The molecule has 1 aromatic rings. The fourth-order valence-electron chi connectivity index (χ4n) is 1.95. The lowest BCUT2D eigenvalue weighted by Gasteiger charge is -2.18. The number of carboxylic acids is 1. The van der Waals surface area contributed by atoms with Crippen LogP contribution in [0.5, 0.6) is 0 Å². The highest BCUT2D eigenvalue weighted by atomic mass is 35.5. The Kier molecular flexibility index (Phi) is 5.56. The summed E-state index contributed by atoms with van der Waals surface area (Å²) in [7, 11) is 1.70. The Morgan fingerprint density at radius 1 is 1.45 bits per heavy atom. The number of hydrogen-bond donors (Lipinski definition) is 2. The van der Waals surface area contributed by atoms with Crippen molar-refractivity contribution >= 4 is 23.5 Å². The molecule has 0 saturated heterocycles. The van der Waals surface area contributed by atoms with Gasteiger partial charge >= 0.3 is 5.97 Å². The third-order valence-corrected chi connectivity index (χ3v) is 3.44. The van der Waals surface area contributed by atoms with E-state index in [-0.39, 0.29) is 18.0 Å². The molecule has 0 fully saturated rings. The maximum absolute atomic E-state index is 12.1. The van der Waals surface area contributed by atoms with Crippen molar-refractivity contribution in [3.8, 4) is 0 Å². The van der Waals surface area contributed by atoms with Gasteiger partial charge in [0.25, 0.3) is 5.91 Å². The third kappa shape index (κ3) is 4.23. The fraction of sp³-hybridized carbons (Fsp3) is 0.615. The summed E-state index contributed by atoms with van der Waals surface area (Å²) in [4.78, 5) is 23.0. The number of aliphatic carboxylic acids is 1. The van der Waals surface area contributed by atoms with Crippen molar-refractivity contribution in [3.63, 3.8) is 0 Å². The molecule has 0 bridgehead atoms. The first-order valence-electron chi connectivity index (χ1n) is 6.44. The third-order valence-electron chi connectivity index (χ3n) is 2.99. The van der Waals surface area contributed by atoms with Crippen LogP contribution in [0.1, 0.15) is 42.9 Å². The molecule has 7 heteroatoms. The number of halogens is 1. The largest absolute Gasteiger partial charge is 0.481 e. The number of aryl methyl sites for hydroxylation is 1. The zero-order valence-electron chi connectivity index (χ0n) is 12.1. The number of carboxylic acid groups (broad SMARTS) is 1. The molecule has 0 unspecified atom stereocenters. The van der Waals surface area contributed by atoms with Crippen LogP contribution in [0, 0.1) is 12.8 Å². The van der Waals surface area contributed by atoms with E-state index in [0.29, 0.717) is 17.1 Å². The zero-order chi connectivity index (χ0) is 15.4. The summed E-state index contributed by atoms with van der Waals surface area (Å²) in [6.45, 7) is 5.70. The van der Waals surface area contributed by atoms with Gasteiger partial charge in [-0.05, 0) is 19.3 Å². The van der Waals surface area contributed by atoms with E-state index in [0.717, 1.165) is 0 Å². The number of nitrogens with zero attached hydrogens (tertiary/aromatic N) is 2. The Balaban J connectivity index is 2.84. The monoisotopic (exact) mass is 301 g/mol. The van der Waals surface area contributed by atoms with Crippen LogP contribution in [-0.2, 0) is 11.8 Å². The molecule has 1 rings (SSSR count). The Labute approximate surface area is 123 Å². The van der Waals surface area contributed by atoms with E-state index in [1.807, 2.05) is 13.8 Å². The highest BCUT2D eigenvalue weighted by molar-refractivity contribution is 6.34. The minimum absolute atomic E-state index is 0.118. The SMILES string of the molecule is Cc1c(Cl)c(C(=O)N[C@@H](CC(=O)O)CC(C)C)nn1C. The van der Waals surface area contributed by atoms with Crippen LogP contribution < -0.4 is 5.32 Å². The van der Waals surface area contributed by atoms with E-state index in [9.17, 15) is 9.59 Å². The number of aromatic nitrogens is 2. The lowest BCUT2D eigenvalue weighted by molar-refractivity contribution is -0.137. The fourth-order valence-corrected chi connectivity index (χ4v) is 2.20. The molecular weight excluding hydrogens is 282 g/mol. The molecule has 0 saturated carbocycles. The van der Waals surface area contributed by atoms with E-state index in [4.69, 9.17) is 16.7 Å². The van der Waals surface area contributed by atoms with Crippen LogP contribution in [0.15, 0.2) is 0 Å². The van der Waals surface area contributed by atoms with Crippen molar-refractivity contribution in [2.24, 2.45) is 13.0 Å². The van der Waals surface area contributed by atoms with Gasteiger partial charge in [0.15, 0.2) is 5.69 Å². The average Bonchev–Trinajstić information content (AvgIpc) is 2.55. The molecule has 0 radical (unpaired) electrons. The molecule has 2 N–H and O–H groups in total. The summed E-state index contributed by atoms with van der Waals surface area (Å²) in [5, 5.41) is 15.9. The van der Waals surface area contributed by atoms with E-state index in [1.165, 1.54) is 4.68 Å². The van der Waals surface area contributed by atoms with Gasteiger partial charge in [0.2, 0.25) is 0 Å². The van der Waals surface area contributed by atoms with E-state index < -0.39 is 17.9 Å². The molecular formula is C13H20ClN3O3. The van der Waals surface area contributed by atoms with Crippen molar-refractivity contribution in [2.75, 3.05) is 0 Å². The maximum Gasteiger partial charge on any atom is 0.305 e. The number of rotatable bonds is 6. The maximum atomic E-state index is 12.1. The lowest BCUT2D eigenvalue weighted by atomic mass is 10.0. The van der Waals surface area contributed by atoms with Crippen LogP contribution in [0.3, 0.4) is 0 Å². The van der Waals surface area contributed by atoms with E-state index >= 15 is 0 Å². The molecule has 0 aliphatic rings. The minimum atomic E-state index is -0.945. The van der Waals surface area contributed by atoms with Gasteiger partial charge in [-0.25, -0.2) is 0 Å². The molecule has 1 aromatic heterocycles. The molecule has 0 aliphatic carbocycles. The van der Waals surface area contributed by atoms with Crippen molar-refractivity contribution in [1.29, 1.82) is 0 Å². The van der Waals surface area contributed by atoms with E-state index in [2.05, 4.69) is 10.4 Å². The van der Waals surface area contributed by atoms with Crippen LogP contribution in [-0.4, -0.2) is 32.8 Å². The van der Waals surface area contributed by atoms with Crippen molar-refractivity contribution < 1.29 is 14.7 Å². The van der Waals surface area contributed by atoms with E-state index in [1.54, 1.807) is 14.0 Å². The first-order chi connectivity index (χ1) is 9.22. The summed E-state index contributed by atoms with van der Waals surface area (Å²) in [6, 6.07) is -0.432. The number of hydrogen-bond acceptors (Lipinski definition) is 3. The summed E-state index contributed by atoms with van der Waals surface area (Å²) >= 11 is 6.04. The molecule has 1 atom stereocenters. The summed E-state index contributed by atoms with van der Waals surface area (Å²) in [5.74, 6) is -1.11. The minimum Gasteiger partial charge on any atom is -0.481 e. The Morgan fingerprint density at radius 3 is 2.45 bits per heavy atom. The van der Waals surface area contributed by atoms with Gasteiger partial charge < -0.3 is 10.4 Å². The molecule has 1 amide bonds. The van der Waals surface area contributed by atoms with Crippen LogP contribution in [0.25, 0.3) is 0 Å². The second kappa shape index (κ2) is 6.74. The normalized spacial score (nSPS) is 12.5. The topological polar surface area (TPSA) is 84.2 Å². The predicted octanol–water partition coefficient (Wildman–Crippen LogP) is 2.00. The zero-order valence-corrected chi connectivity index (χ0v) is 12.9. The standard InChI is InChI=1S/C13H20ClN3O3/c1-7(2)5-9(6-10(18)19)15-13(20)12-11(14)8(3)17(4)16-12/h7,9H,5-6H2,1-4H3,(H,15,20)(H,18,19)/t9-/m1/s1. The highest BCUT2D eigenvalue weighted by Crippen LogP contribution is 2.19. The molecule has 0 aromatic carbocycles. The van der Waals surface area contributed by atoms with Gasteiger partial charge in [0.1, 0.15) is 0 Å². The summed E-state index contributed by atoms with van der Waals surface area (Å²) in [6.07, 6.45) is 0.467. The molecule has 20 heavy (non-hydrogen) atoms. The predicted molar refractivity (Wildman–Crippen MR) is 75.9 cm³/mol. The average molecular weight is 302 g/mol. The molecule has 0 aliphatic heterocycles. The van der Waals surface area contributed by atoms with Crippen LogP contribution >= 0.6 is 11.6 Å². The second-order valence-electron chi connectivity index (χ2n) is 5.27. The molecule has 6 nitrogen and oxygen atoms in total. The Bertz CT molecular complexity index is 511. The Morgan fingerprint density at radius 2 is 2.05 bits per heavy atom. The second-order valence-corrected chi connectivity index (χ2v) is 5.65. The molecule has 0 spiro atoms. The van der Waals surface area contributed by atoms with Gasteiger partial charge in [-0.1, -0.05) is 25.4 Å². The first-order valence-corrected chi connectivity index (χ1v) is 6.81. The number of amides is 1.